The molecule has 2 aromatic heterocycles. The molecule has 2 N–H and O–H groups in total. The first-order chi connectivity index (χ1) is 11.2. The molecule has 1 aromatic carbocycles. The number of amides is 1. The summed E-state index contributed by atoms with van der Waals surface area (Å²) >= 11 is 7.47. The van der Waals surface area contributed by atoms with Crippen LogP contribution in [0.5, 0.6) is 0 Å². The monoisotopic (exact) mass is 346 g/mol. The van der Waals surface area contributed by atoms with Gasteiger partial charge >= 0.3 is 0 Å². The minimum Gasteiger partial charge on any atom is -0.332 e. The molecule has 0 aliphatic carbocycles. The number of rotatable bonds is 5. The second kappa shape index (κ2) is 7.02. The normalized spacial score (nSPS) is 12.3. The molecule has 118 valence electrons. The van der Waals surface area contributed by atoms with Crippen molar-refractivity contribution in [2.45, 2.75) is 23.8 Å². The topological polar surface area (TPSA) is 70.7 Å². The molecule has 3 rings (SSSR count). The molecular formula is C16H15ClN4OS. The number of imidazole rings is 1. The lowest BCUT2D eigenvalue weighted by molar-refractivity contribution is -0.115. The maximum atomic E-state index is 12.5. The maximum Gasteiger partial charge on any atom is 0.238 e. The van der Waals surface area contributed by atoms with Crippen molar-refractivity contribution in [3.05, 3.63) is 47.6 Å². The molecule has 0 bridgehead atoms. The summed E-state index contributed by atoms with van der Waals surface area (Å²) in [7, 11) is 0. The zero-order valence-corrected chi connectivity index (χ0v) is 14.0. The van der Waals surface area contributed by atoms with E-state index < -0.39 is 0 Å². The fourth-order valence-corrected chi connectivity index (χ4v) is 3.20. The molecule has 7 heteroatoms. The maximum absolute atomic E-state index is 12.5. The van der Waals surface area contributed by atoms with Crippen molar-refractivity contribution in [2.75, 3.05) is 5.32 Å². The molecule has 0 saturated heterocycles. The predicted octanol–water partition coefficient (Wildman–Crippen LogP) is 4.12. The van der Waals surface area contributed by atoms with Gasteiger partial charge in [0.1, 0.15) is 0 Å². The van der Waals surface area contributed by atoms with Gasteiger partial charge in [0.25, 0.3) is 0 Å². The smallest absolute Gasteiger partial charge is 0.238 e. The summed E-state index contributed by atoms with van der Waals surface area (Å²) in [5.74, 6) is -0.0981. The van der Waals surface area contributed by atoms with Gasteiger partial charge in [-0.15, -0.1) is 0 Å². The zero-order valence-electron chi connectivity index (χ0n) is 12.4. The Bertz CT molecular complexity index is 803. The number of para-hydroxylation sites is 1. The fraction of sp³-hybridized carbons (Fsp3) is 0.188. The number of aromatic amines is 1. The van der Waals surface area contributed by atoms with E-state index in [-0.39, 0.29) is 11.2 Å². The van der Waals surface area contributed by atoms with Crippen LogP contribution in [-0.2, 0) is 4.79 Å². The summed E-state index contributed by atoms with van der Waals surface area (Å²) < 4.78 is 0. The highest BCUT2D eigenvalue weighted by molar-refractivity contribution is 8.00. The van der Waals surface area contributed by atoms with Crippen LogP contribution in [0.1, 0.15) is 13.3 Å². The van der Waals surface area contributed by atoms with Crippen LogP contribution >= 0.6 is 23.4 Å². The van der Waals surface area contributed by atoms with Crippen LogP contribution in [0, 0.1) is 0 Å². The summed E-state index contributed by atoms with van der Waals surface area (Å²) in [5.41, 5.74) is 2.12. The Hall–Kier alpha value is -2.05. The quantitative estimate of drug-likeness (QED) is 0.682. The molecule has 2 heterocycles. The third-order valence-corrected chi connectivity index (χ3v) is 4.86. The highest BCUT2D eigenvalue weighted by Gasteiger charge is 2.20. The van der Waals surface area contributed by atoms with E-state index in [0.29, 0.717) is 27.9 Å². The van der Waals surface area contributed by atoms with Gasteiger partial charge in [-0.1, -0.05) is 42.4 Å². The largest absolute Gasteiger partial charge is 0.332 e. The lowest BCUT2D eigenvalue weighted by Crippen LogP contribution is -2.24. The number of benzene rings is 1. The first-order valence-corrected chi connectivity index (χ1v) is 8.46. The van der Waals surface area contributed by atoms with Gasteiger partial charge < -0.3 is 10.3 Å². The van der Waals surface area contributed by atoms with Crippen molar-refractivity contribution in [2.24, 2.45) is 0 Å². The van der Waals surface area contributed by atoms with E-state index in [2.05, 4.69) is 20.3 Å². The van der Waals surface area contributed by atoms with Crippen LogP contribution in [0.15, 0.2) is 47.8 Å². The van der Waals surface area contributed by atoms with Crippen molar-refractivity contribution in [1.82, 2.24) is 15.0 Å². The molecule has 0 aliphatic rings. The van der Waals surface area contributed by atoms with Gasteiger partial charge in [0.05, 0.1) is 21.5 Å². The first-order valence-electron chi connectivity index (χ1n) is 7.20. The molecule has 0 unspecified atom stereocenters. The van der Waals surface area contributed by atoms with Crippen molar-refractivity contribution in [3.8, 4) is 0 Å². The number of pyridine rings is 1. The molecule has 0 saturated carbocycles. The Labute approximate surface area is 142 Å². The molecule has 0 aliphatic heterocycles. The number of halogens is 1. The molecule has 1 atom stereocenters. The number of carbonyl (C=O) groups is 1. The highest BCUT2D eigenvalue weighted by atomic mass is 35.5. The van der Waals surface area contributed by atoms with E-state index in [1.165, 1.54) is 11.8 Å². The number of hydrogen-bond donors (Lipinski definition) is 2. The van der Waals surface area contributed by atoms with Gasteiger partial charge in [-0.2, -0.15) is 0 Å². The Morgan fingerprint density at radius 1 is 1.35 bits per heavy atom. The van der Waals surface area contributed by atoms with E-state index in [1.54, 1.807) is 18.3 Å². The average Bonchev–Trinajstić information content (AvgIpc) is 2.97. The SMILES string of the molecule is CC[C@@H](Sc1nc2ncccc2[nH]1)C(=O)Nc1ccccc1Cl. The second-order valence-corrected chi connectivity index (χ2v) is 6.50. The van der Waals surface area contributed by atoms with Crippen molar-refractivity contribution in [1.29, 1.82) is 0 Å². The fourth-order valence-electron chi connectivity index (χ4n) is 2.11. The number of anilines is 1. The van der Waals surface area contributed by atoms with Gasteiger partial charge in [0.15, 0.2) is 10.8 Å². The lowest BCUT2D eigenvalue weighted by atomic mass is 10.2. The molecule has 5 nitrogen and oxygen atoms in total. The standard InChI is InChI=1S/C16H15ClN4OS/c1-2-13(15(22)19-11-7-4-3-6-10(11)17)23-16-20-12-8-5-9-18-14(12)21-16/h3-9,13H,2H2,1H3,(H,19,22)(H,18,20,21)/t13-/m1/s1. The van der Waals surface area contributed by atoms with Crippen molar-refractivity contribution in [3.63, 3.8) is 0 Å². The van der Waals surface area contributed by atoms with E-state index in [4.69, 9.17) is 11.6 Å². The molecule has 23 heavy (non-hydrogen) atoms. The summed E-state index contributed by atoms with van der Waals surface area (Å²) in [6.45, 7) is 1.96. The molecular weight excluding hydrogens is 332 g/mol. The number of nitrogens with one attached hydrogen (secondary N) is 2. The number of H-pyrrole nitrogens is 1. The highest BCUT2D eigenvalue weighted by Crippen LogP contribution is 2.27. The van der Waals surface area contributed by atoms with Crippen LogP contribution in [0.25, 0.3) is 11.2 Å². The van der Waals surface area contributed by atoms with E-state index in [1.807, 2.05) is 31.2 Å². The Balaban J connectivity index is 1.74. The summed E-state index contributed by atoms with van der Waals surface area (Å²) in [6, 6.07) is 10.9. The van der Waals surface area contributed by atoms with Gasteiger partial charge in [-0.3, -0.25) is 4.79 Å². The van der Waals surface area contributed by atoms with Crippen LogP contribution in [0.3, 0.4) is 0 Å². The third kappa shape index (κ3) is 3.65. The number of thioether (sulfide) groups is 1. The number of fused-ring (bicyclic) bond motifs is 1. The molecule has 0 radical (unpaired) electrons. The summed E-state index contributed by atoms with van der Waals surface area (Å²) in [5, 5.41) is 3.80. The number of aromatic nitrogens is 3. The number of nitrogens with zero attached hydrogens (tertiary/aromatic N) is 2. The number of carbonyl (C=O) groups excluding carboxylic acids is 1. The van der Waals surface area contributed by atoms with E-state index >= 15 is 0 Å². The summed E-state index contributed by atoms with van der Waals surface area (Å²) in [6.07, 6.45) is 2.37. The third-order valence-electron chi connectivity index (χ3n) is 3.28. The molecule has 0 fully saturated rings. The van der Waals surface area contributed by atoms with Crippen LogP contribution in [0.2, 0.25) is 5.02 Å². The van der Waals surface area contributed by atoms with Crippen LogP contribution in [0.4, 0.5) is 5.69 Å². The van der Waals surface area contributed by atoms with Crippen molar-refractivity contribution < 1.29 is 4.79 Å². The average molecular weight is 347 g/mol. The summed E-state index contributed by atoms with van der Waals surface area (Å²) in [4.78, 5) is 24.2. The molecule has 0 spiro atoms. The Kier molecular flexibility index (Phi) is 4.83. The van der Waals surface area contributed by atoms with Crippen molar-refractivity contribution >= 4 is 46.1 Å². The molecule has 3 aromatic rings. The van der Waals surface area contributed by atoms with Crippen LogP contribution < -0.4 is 5.32 Å². The Morgan fingerprint density at radius 3 is 2.91 bits per heavy atom. The zero-order chi connectivity index (χ0) is 16.2. The predicted molar refractivity (Wildman–Crippen MR) is 93.9 cm³/mol. The first kappa shape index (κ1) is 15.8. The Morgan fingerprint density at radius 2 is 2.17 bits per heavy atom. The van der Waals surface area contributed by atoms with Gasteiger partial charge in [0, 0.05) is 6.20 Å². The van der Waals surface area contributed by atoms with E-state index in [9.17, 15) is 4.79 Å². The van der Waals surface area contributed by atoms with Gasteiger partial charge in [-0.05, 0) is 30.7 Å². The lowest BCUT2D eigenvalue weighted by Gasteiger charge is -2.14. The van der Waals surface area contributed by atoms with Gasteiger partial charge in [0.2, 0.25) is 5.91 Å². The molecule has 1 amide bonds. The minimum absolute atomic E-state index is 0.0981. The van der Waals surface area contributed by atoms with Gasteiger partial charge in [-0.25, -0.2) is 9.97 Å². The second-order valence-electron chi connectivity index (χ2n) is 4.90. The van der Waals surface area contributed by atoms with Crippen LogP contribution in [-0.4, -0.2) is 26.1 Å². The number of hydrogen-bond acceptors (Lipinski definition) is 4. The van der Waals surface area contributed by atoms with E-state index in [0.717, 1.165) is 5.52 Å². The minimum atomic E-state index is -0.271.